The van der Waals surface area contributed by atoms with Gasteiger partial charge in [0, 0.05) is 0 Å². The smallest absolute Gasteiger partial charge is 0.261 e. The number of rotatable bonds is 5. The predicted octanol–water partition coefficient (Wildman–Crippen LogP) is 3.96. The Balaban J connectivity index is 1.36. The Morgan fingerprint density at radius 2 is 1.62 bits per heavy atom. The molecule has 2 aromatic heterocycles. The van der Waals surface area contributed by atoms with E-state index in [4.69, 9.17) is 0 Å². The maximum absolute atomic E-state index is 12.8. The molecule has 0 atom stereocenters. The van der Waals surface area contributed by atoms with Gasteiger partial charge >= 0.3 is 0 Å². The maximum Gasteiger partial charge on any atom is 0.261 e. The molecule has 0 aliphatic heterocycles. The Kier molecular flexibility index (Phi) is 5.05. The number of fused-ring (bicyclic) bond motifs is 1. The lowest BCUT2D eigenvalue weighted by Gasteiger charge is -2.12. The third-order valence-corrected chi connectivity index (χ3v) is 5.20. The van der Waals surface area contributed by atoms with Crippen LogP contribution >= 0.6 is 0 Å². The minimum atomic E-state index is -0.262. The molecule has 7 heteroatoms. The standard InChI is InChI=1S/C25H19N5O2/c31-23(14-17-10-12-19(13-11-17)18-6-2-1-3-7-18)29-21-8-4-5-9-22(21)30-24-20(15-28-30)25(32)27-16-26-24/h1-13,15-16H,14H2,(H,29,31)(H,26,27,32). The number of aromatic nitrogens is 4. The Morgan fingerprint density at radius 1 is 0.906 bits per heavy atom. The van der Waals surface area contributed by atoms with Crippen molar-refractivity contribution in [3.8, 4) is 16.8 Å². The summed E-state index contributed by atoms with van der Waals surface area (Å²) in [6, 6.07) is 25.4. The summed E-state index contributed by atoms with van der Waals surface area (Å²) in [5.74, 6) is -0.146. The van der Waals surface area contributed by atoms with Crippen molar-refractivity contribution in [1.29, 1.82) is 0 Å². The second-order valence-corrected chi connectivity index (χ2v) is 7.33. The highest BCUT2D eigenvalue weighted by atomic mass is 16.1. The molecule has 5 aromatic rings. The topological polar surface area (TPSA) is 92.7 Å². The van der Waals surface area contributed by atoms with Crippen LogP contribution in [0.3, 0.4) is 0 Å². The zero-order valence-corrected chi connectivity index (χ0v) is 17.0. The Labute approximate surface area is 183 Å². The van der Waals surface area contributed by atoms with Crippen LogP contribution in [-0.4, -0.2) is 25.7 Å². The summed E-state index contributed by atoms with van der Waals surface area (Å²) in [6.45, 7) is 0. The molecule has 1 amide bonds. The van der Waals surface area contributed by atoms with Gasteiger partial charge in [0.1, 0.15) is 5.39 Å². The first-order chi connectivity index (χ1) is 15.7. The van der Waals surface area contributed by atoms with Crippen molar-refractivity contribution in [3.63, 3.8) is 0 Å². The summed E-state index contributed by atoms with van der Waals surface area (Å²) < 4.78 is 1.55. The lowest BCUT2D eigenvalue weighted by molar-refractivity contribution is -0.115. The Hall–Kier alpha value is -4.52. The van der Waals surface area contributed by atoms with E-state index in [9.17, 15) is 9.59 Å². The molecule has 0 spiro atoms. The van der Waals surface area contributed by atoms with Crippen LogP contribution in [0.5, 0.6) is 0 Å². The van der Waals surface area contributed by atoms with Crippen LogP contribution in [0.25, 0.3) is 27.8 Å². The van der Waals surface area contributed by atoms with Crippen LogP contribution in [0.15, 0.2) is 96.2 Å². The van der Waals surface area contributed by atoms with Crippen molar-refractivity contribution in [2.75, 3.05) is 5.32 Å². The van der Waals surface area contributed by atoms with Gasteiger partial charge in [0.15, 0.2) is 5.65 Å². The number of benzene rings is 3. The van der Waals surface area contributed by atoms with Gasteiger partial charge in [0.05, 0.1) is 30.3 Å². The molecule has 32 heavy (non-hydrogen) atoms. The number of hydrogen-bond acceptors (Lipinski definition) is 4. The first kappa shape index (κ1) is 19.4. The number of nitrogens with one attached hydrogen (secondary N) is 2. The third kappa shape index (κ3) is 3.79. The van der Waals surface area contributed by atoms with E-state index in [1.165, 1.54) is 12.5 Å². The summed E-state index contributed by atoms with van der Waals surface area (Å²) in [6.07, 6.45) is 3.04. The average Bonchev–Trinajstić information content (AvgIpc) is 3.26. The number of nitrogens with zero attached hydrogens (tertiary/aromatic N) is 3. The minimum Gasteiger partial charge on any atom is -0.324 e. The van der Waals surface area contributed by atoms with Crippen LogP contribution in [0.2, 0.25) is 0 Å². The molecule has 2 heterocycles. The van der Waals surface area contributed by atoms with Crippen molar-refractivity contribution in [3.05, 3.63) is 107 Å². The highest BCUT2D eigenvalue weighted by Crippen LogP contribution is 2.23. The zero-order chi connectivity index (χ0) is 21.9. The third-order valence-electron chi connectivity index (χ3n) is 5.20. The molecule has 7 nitrogen and oxygen atoms in total. The number of amides is 1. The molecule has 0 saturated heterocycles. The molecule has 0 aliphatic rings. The van der Waals surface area contributed by atoms with Crippen LogP contribution < -0.4 is 10.9 Å². The van der Waals surface area contributed by atoms with Crippen LogP contribution in [-0.2, 0) is 11.2 Å². The molecular weight excluding hydrogens is 402 g/mol. The fourth-order valence-corrected chi connectivity index (χ4v) is 3.62. The lowest BCUT2D eigenvalue weighted by Crippen LogP contribution is -2.16. The molecule has 2 N–H and O–H groups in total. The van der Waals surface area contributed by atoms with E-state index in [1.807, 2.05) is 60.7 Å². The molecular formula is C25H19N5O2. The molecule has 0 fully saturated rings. The zero-order valence-electron chi connectivity index (χ0n) is 17.0. The molecule has 0 aliphatic carbocycles. The highest BCUT2D eigenvalue weighted by Gasteiger charge is 2.14. The van der Waals surface area contributed by atoms with Gasteiger partial charge in [-0.15, -0.1) is 0 Å². The molecule has 0 bridgehead atoms. The van der Waals surface area contributed by atoms with E-state index in [0.29, 0.717) is 22.4 Å². The highest BCUT2D eigenvalue weighted by molar-refractivity contribution is 5.94. The van der Waals surface area contributed by atoms with E-state index >= 15 is 0 Å². The minimum absolute atomic E-state index is 0.146. The Morgan fingerprint density at radius 3 is 2.44 bits per heavy atom. The van der Waals surface area contributed by atoms with E-state index in [2.05, 4.69) is 32.5 Å². The summed E-state index contributed by atoms with van der Waals surface area (Å²) in [5, 5.41) is 7.64. The van der Waals surface area contributed by atoms with Gasteiger partial charge in [0.25, 0.3) is 5.56 Å². The van der Waals surface area contributed by atoms with Crippen molar-refractivity contribution in [2.45, 2.75) is 6.42 Å². The van der Waals surface area contributed by atoms with Crippen molar-refractivity contribution >= 4 is 22.6 Å². The summed E-state index contributed by atoms with van der Waals surface area (Å²) in [5.41, 5.74) is 4.54. The number of H-pyrrole nitrogens is 1. The molecule has 5 rings (SSSR count). The maximum atomic E-state index is 12.8. The fourth-order valence-electron chi connectivity index (χ4n) is 3.62. The number of hydrogen-bond donors (Lipinski definition) is 2. The fraction of sp³-hybridized carbons (Fsp3) is 0.0400. The number of anilines is 1. The summed E-state index contributed by atoms with van der Waals surface area (Å²) >= 11 is 0. The number of para-hydroxylation sites is 2. The van der Waals surface area contributed by atoms with Gasteiger partial charge in [0.2, 0.25) is 5.91 Å². The van der Waals surface area contributed by atoms with Gasteiger partial charge in [-0.25, -0.2) is 9.67 Å². The summed E-state index contributed by atoms with van der Waals surface area (Å²) in [7, 11) is 0. The van der Waals surface area contributed by atoms with Gasteiger partial charge in [-0.3, -0.25) is 9.59 Å². The van der Waals surface area contributed by atoms with Gasteiger partial charge < -0.3 is 10.3 Å². The van der Waals surface area contributed by atoms with Crippen molar-refractivity contribution in [1.82, 2.24) is 19.7 Å². The van der Waals surface area contributed by atoms with Gasteiger partial charge in [-0.2, -0.15) is 5.10 Å². The normalized spacial score (nSPS) is 10.9. The SMILES string of the molecule is O=C(Cc1ccc(-c2ccccc2)cc1)Nc1ccccc1-n1ncc2c(=O)[nH]cnc21. The van der Waals surface area contributed by atoms with Crippen LogP contribution in [0.1, 0.15) is 5.56 Å². The van der Waals surface area contributed by atoms with E-state index < -0.39 is 0 Å². The molecule has 0 radical (unpaired) electrons. The molecule has 156 valence electrons. The van der Waals surface area contributed by atoms with Gasteiger partial charge in [-0.1, -0.05) is 66.7 Å². The van der Waals surface area contributed by atoms with Crippen molar-refractivity contribution < 1.29 is 4.79 Å². The van der Waals surface area contributed by atoms with Gasteiger partial charge in [-0.05, 0) is 28.8 Å². The average molecular weight is 421 g/mol. The largest absolute Gasteiger partial charge is 0.324 e. The monoisotopic (exact) mass is 421 g/mol. The second kappa shape index (κ2) is 8.31. The van der Waals surface area contributed by atoms with Crippen LogP contribution in [0, 0.1) is 0 Å². The molecule has 0 unspecified atom stereocenters. The van der Waals surface area contributed by atoms with Crippen molar-refractivity contribution in [2.24, 2.45) is 0 Å². The number of carbonyl (C=O) groups excluding carboxylic acids is 1. The van der Waals surface area contributed by atoms with E-state index in [0.717, 1.165) is 16.7 Å². The summed E-state index contributed by atoms with van der Waals surface area (Å²) in [4.78, 5) is 31.5. The van der Waals surface area contributed by atoms with E-state index in [1.54, 1.807) is 10.7 Å². The first-order valence-corrected chi connectivity index (χ1v) is 10.1. The second-order valence-electron chi connectivity index (χ2n) is 7.33. The lowest BCUT2D eigenvalue weighted by atomic mass is 10.0. The Bertz CT molecular complexity index is 1450. The number of carbonyl (C=O) groups is 1. The predicted molar refractivity (Wildman–Crippen MR) is 124 cm³/mol. The molecule has 0 saturated carbocycles. The first-order valence-electron chi connectivity index (χ1n) is 10.1. The molecule has 3 aromatic carbocycles. The quantitative estimate of drug-likeness (QED) is 0.449. The number of aromatic amines is 1. The van der Waals surface area contributed by atoms with E-state index in [-0.39, 0.29) is 17.9 Å². The van der Waals surface area contributed by atoms with Crippen LogP contribution in [0.4, 0.5) is 5.69 Å².